The van der Waals surface area contributed by atoms with Crippen molar-refractivity contribution in [2.24, 2.45) is 5.41 Å². The summed E-state index contributed by atoms with van der Waals surface area (Å²) in [5.41, 5.74) is 0.602. The van der Waals surface area contributed by atoms with Gasteiger partial charge in [0, 0.05) is 23.6 Å². The van der Waals surface area contributed by atoms with Crippen molar-refractivity contribution in [3.8, 4) is 0 Å². The summed E-state index contributed by atoms with van der Waals surface area (Å²) >= 11 is 6.88. The third kappa shape index (κ3) is 4.61. The van der Waals surface area contributed by atoms with Gasteiger partial charge < -0.3 is 9.73 Å². The summed E-state index contributed by atoms with van der Waals surface area (Å²) in [5, 5.41) is 11.2. The molecule has 1 N–H and O–H groups in total. The van der Waals surface area contributed by atoms with Crippen LogP contribution in [-0.4, -0.2) is 27.0 Å². The molecule has 6 nitrogen and oxygen atoms in total. The van der Waals surface area contributed by atoms with E-state index in [9.17, 15) is 9.59 Å². The van der Waals surface area contributed by atoms with Crippen LogP contribution in [0.15, 0.2) is 33.9 Å². The van der Waals surface area contributed by atoms with Gasteiger partial charge >= 0.3 is 0 Å². The second-order valence-corrected chi connectivity index (χ2v) is 8.26. The minimum atomic E-state index is -0.745. The molecule has 25 heavy (non-hydrogen) atoms. The van der Waals surface area contributed by atoms with Gasteiger partial charge in [0.1, 0.15) is 5.25 Å². The Labute approximate surface area is 154 Å². The van der Waals surface area contributed by atoms with E-state index in [2.05, 4.69) is 15.5 Å². The Balaban J connectivity index is 1.59. The number of carbonyl (C=O) groups is 2. The molecule has 8 heteroatoms. The van der Waals surface area contributed by atoms with Crippen LogP contribution in [0.4, 0.5) is 5.69 Å². The summed E-state index contributed by atoms with van der Waals surface area (Å²) in [5.74, 6) is 0.226. The second kappa shape index (κ2) is 7.17. The molecule has 0 radical (unpaired) electrons. The van der Waals surface area contributed by atoms with Crippen LogP contribution in [0.25, 0.3) is 0 Å². The van der Waals surface area contributed by atoms with E-state index >= 15 is 0 Å². The van der Waals surface area contributed by atoms with Gasteiger partial charge in [0.15, 0.2) is 11.6 Å². The zero-order chi connectivity index (χ0) is 18.0. The van der Waals surface area contributed by atoms with Crippen molar-refractivity contribution in [2.45, 2.75) is 43.7 Å². The summed E-state index contributed by atoms with van der Waals surface area (Å²) in [7, 11) is 0. The normalized spacial score (nSPS) is 17.7. The van der Waals surface area contributed by atoms with Gasteiger partial charge in [-0.05, 0) is 41.4 Å². The number of ketones is 2. The summed E-state index contributed by atoms with van der Waals surface area (Å²) in [4.78, 5) is 24.4. The molecular weight excluding hydrogens is 362 g/mol. The molecule has 1 aliphatic rings. The SMILES string of the molecule is CC1(C)CC(=O)C(Sc2nnc(CNc3ccc(Cl)cc3)o2)C(=O)C1. The minimum Gasteiger partial charge on any atom is -0.414 e. The number of anilines is 1. The van der Waals surface area contributed by atoms with Crippen LogP contribution < -0.4 is 5.32 Å². The quantitative estimate of drug-likeness (QED) is 0.791. The molecule has 0 spiro atoms. The molecular formula is C17H18ClN3O3S. The van der Waals surface area contributed by atoms with Crippen molar-refractivity contribution in [1.29, 1.82) is 0 Å². The van der Waals surface area contributed by atoms with E-state index in [0.717, 1.165) is 17.4 Å². The number of carbonyl (C=O) groups excluding carboxylic acids is 2. The predicted molar refractivity (Wildman–Crippen MR) is 95.8 cm³/mol. The van der Waals surface area contributed by atoms with E-state index in [1.807, 2.05) is 26.0 Å². The fourth-order valence-corrected chi connectivity index (χ4v) is 3.70. The number of hydrogen-bond donors (Lipinski definition) is 1. The summed E-state index contributed by atoms with van der Waals surface area (Å²) in [6.07, 6.45) is 0.769. The first-order chi connectivity index (χ1) is 11.8. The first-order valence-corrected chi connectivity index (χ1v) is 9.12. The highest BCUT2D eigenvalue weighted by Gasteiger charge is 2.41. The van der Waals surface area contributed by atoms with Crippen LogP contribution in [0.2, 0.25) is 5.02 Å². The smallest absolute Gasteiger partial charge is 0.277 e. The van der Waals surface area contributed by atoms with E-state index in [0.29, 0.717) is 30.3 Å². The molecule has 3 rings (SSSR count). The molecule has 0 unspecified atom stereocenters. The third-order valence-corrected chi connectivity index (χ3v) is 5.23. The van der Waals surface area contributed by atoms with Gasteiger partial charge in [-0.1, -0.05) is 25.4 Å². The highest BCUT2D eigenvalue weighted by atomic mass is 35.5. The van der Waals surface area contributed by atoms with Crippen LogP contribution in [0, 0.1) is 5.41 Å². The van der Waals surface area contributed by atoms with Crippen LogP contribution in [0.1, 0.15) is 32.6 Å². The third-order valence-electron chi connectivity index (χ3n) is 3.85. The lowest BCUT2D eigenvalue weighted by atomic mass is 9.76. The first-order valence-electron chi connectivity index (χ1n) is 7.86. The van der Waals surface area contributed by atoms with Gasteiger partial charge in [0.05, 0.1) is 6.54 Å². The molecule has 1 aromatic carbocycles. The fraction of sp³-hybridized carbons (Fsp3) is 0.412. The Morgan fingerprint density at radius 1 is 1.20 bits per heavy atom. The summed E-state index contributed by atoms with van der Waals surface area (Å²) < 4.78 is 5.53. The predicted octanol–water partition coefficient (Wildman–Crippen LogP) is 3.75. The van der Waals surface area contributed by atoms with E-state index in [1.54, 1.807) is 12.1 Å². The number of nitrogens with one attached hydrogen (secondary N) is 1. The zero-order valence-electron chi connectivity index (χ0n) is 13.9. The Hall–Kier alpha value is -1.86. The molecule has 1 aromatic heterocycles. The summed E-state index contributed by atoms with van der Waals surface area (Å²) in [6.45, 7) is 4.20. The highest BCUT2D eigenvalue weighted by molar-refractivity contribution is 8.01. The molecule has 0 amide bonds. The number of rotatable bonds is 5. The van der Waals surface area contributed by atoms with E-state index < -0.39 is 5.25 Å². The second-order valence-electron chi connectivity index (χ2n) is 6.77. The van der Waals surface area contributed by atoms with E-state index in [1.165, 1.54) is 0 Å². The van der Waals surface area contributed by atoms with Gasteiger partial charge in [0.25, 0.3) is 5.22 Å². The first kappa shape index (κ1) is 17.9. The number of Topliss-reactive ketones (excluding diaryl/α,β-unsaturated/α-hetero) is 2. The lowest BCUT2D eigenvalue weighted by molar-refractivity contribution is -0.132. The van der Waals surface area contributed by atoms with Crippen molar-refractivity contribution in [3.63, 3.8) is 0 Å². The molecule has 1 saturated carbocycles. The lowest BCUT2D eigenvalue weighted by Crippen LogP contribution is -2.39. The molecule has 1 heterocycles. The van der Waals surface area contributed by atoms with Gasteiger partial charge in [-0.2, -0.15) is 0 Å². The largest absolute Gasteiger partial charge is 0.414 e. The van der Waals surface area contributed by atoms with Crippen LogP contribution in [-0.2, 0) is 16.1 Å². The Morgan fingerprint density at radius 2 is 1.84 bits per heavy atom. The average molecular weight is 380 g/mol. The number of aromatic nitrogens is 2. The highest BCUT2D eigenvalue weighted by Crippen LogP contribution is 2.37. The van der Waals surface area contributed by atoms with Crippen molar-refractivity contribution in [3.05, 3.63) is 35.2 Å². The Kier molecular flexibility index (Phi) is 5.15. The maximum absolute atomic E-state index is 12.2. The number of thioether (sulfide) groups is 1. The van der Waals surface area contributed by atoms with Crippen molar-refractivity contribution in [2.75, 3.05) is 5.32 Å². The Morgan fingerprint density at radius 3 is 2.48 bits per heavy atom. The zero-order valence-corrected chi connectivity index (χ0v) is 15.5. The van der Waals surface area contributed by atoms with Crippen molar-refractivity contribution in [1.82, 2.24) is 10.2 Å². The number of benzene rings is 1. The molecule has 132 valence electrons. The minimum absolute atomic E-state index is 0.0784. The standard InChI is InChI=1S/C17H18ClN3O3S/c1-17(2)7-12(22)15(13(23)8-17)25-16-21-20-14(24-16)9-19-11-5-3-10(18)4-6-11/h3-6,15,19H,7-9H2,1-2H3. The molecule has 0 saturated heterocycles. The number of hydrogen-bond acceptors (Lipinski definition) is 7. The van der Waals surface area contributed by atoms with E-state index in [4.69, 9.17) is 16.0 Å². The fourth-order valence-electron chi connectivity index (χ4n) is 2.71. The maximum atomic E-state index is 12.2. The maximum Gasteiger partial charge on any atom is 0.277 e. The number of nitrogens with zero attached hydrogens (tertiary/aromatic N) is 2. The van der Waals surface area contributed by atoms with Crippen LogP contribution in [0.3, 0.4) is 0 Å². The monoisotopic (exact) mass is 379 g/mol. The molecule has 0 aliphatic heterocycles. The molecule has 2 aromatic rings. The van der Waals surface area contributed by atoms with Gasteiger partial charge in [-0.3, -0.25) is 9.59 Å². The van der Waals surface area contributed by atoms with Gasteiger partial charge in [0.2, 0.25) is 5.89 Å². The van der Waals surface area contributed by atoms with Gasteiger partial charge in [-0.15, -0.1) is 10.2 Å². The molecule has 1 fully saturated rings. The summed E-state index contributed by atoms with van der Waals surface area (Å²) in [6, 6.07) is 7.24. The Bertz CT molecular complexity index is 769. The van der Waals surface area contributed by atoms with Crippen LogP contribution >= 0.6 is 23.4 Å². The molecule has 0 atom stereocenters. The number of halogens is 1. The van der Waals surface area contributed by atoms with E-state index in [-0.39, 0.29) is 22.2 Å². The lowest BCUT2D eigenvalue weighted by Gasteiger charge is -2.30. The van der Waals surface area contributed by atoms with Crippen molar-refractivity contribution < 1.29 is 14.0 Å². The molecule has 0 bridgehead atoms. The topological polar surface area (TPSA) is 85.1 Å². The molecule has 1 aliphatic carbocycles. The van der Waals surface area contributed by atoms with Crippen LogP contribution in [0.5, 0.6) is 0 Å². The van der Waals surface area contributed by atoms with Crippen molar-refractivity contribution >= 4 is 40.6 Å². The average Bonchev–Trinajstić information content (AvgIpc) is 2.97. The van der Waals surface area contributed by atoms with Gasteiger partial charge in [-0.25, -0.2) is 0 Å².